The molecule has 0 aliphatic carbocycles. The molecule has 0 spiro atoms. The molecule has 2 amide bonds. The number of nitrogens with one attached hydrogen (secondary N) is 2. The molecule has 0 saturated heterocycles. The molecule has 0 radical (unpaired) electrons. The van der Waals surface area contributed by atoms with Crippen LogP contribution in [0.2, 0.25) is 0 Å². The number of nitrogens with zero attached hydrogens (tertiary/aromatic N) is 2. The van der Waals surface area contributed by atoms with Gasteiger partial charge < -0.3 is 5.32 Å². The number of hydrogen-bond acceptors (Lipinski definition) is 5. The lowest BCUT2D eigenvalue weighted by Gasteiger charge is -2.01. The number of anilines is 1. The van der Waals surface area contributed by atoms with Crippen LogP contribution in [0.1, 0.15) is 13.3 Å². The number of rotatable bonds is 6. The van der Waals surface area contributed by atoms with Crippen LogP contribution in [0.25, 0.3) is 0 Å². The second-order valence-electron chi connectivity index (χ2n) is 2.85. The van der Waals surface area contributed by atoms with Crippen molar-refractivity contribution in [3.8, 4) is 0 Å². The second-order valence-corrected chi connectivity index (χ2v) is 5.10. The summed E-state index contributed by atoms with van der Waals surface area (Å²) in [5.41, 5.74) is 0. The zero-order valence-corrected chi connectivity index (χ0v) is 10.7. The fourth-order valence-electron chi connectivity index (χ4n) is 0.829. The molecule has 0 aliphatic rings. The summed E-state index contributed by atoms with van der Waals surface area (Å²) < 4.78 is 0.825. The normalized spacial score (nSPS) is 9.81. The molecule has 1 aromatic rings. The molecule has 5 nitrogen and oxygen atoms in total. The van der Waals surface area contributed by atoms with Crippen LogP contribution in [0.4, 0.5) is 9.93 Å². The number of urea groups is 1. The molecule has 16 heavy (non-hydrogen) atoms. The maximum atomic E-state index is 11.3. The third kappa shape index (κ3) is 4.63. The summed E-state index contributed by atoms with van der Waals surface area (Å²) in [6.45, 7) is 6.27. The van der Waals surface area contributed by atoms with E-state index in [1.54, 1.807) is 17.8 Å². The predicted octanol–water partition coefficient (Wildman–Crippen LogP) is 2.35. The Bertz CT molecular complexity index is 353. The topological polar surface area (TPSA) is 66.9 Å². The van der Waals surface area contributed by atoms with Crippen LogP contribution in [-0.4, -0.2) is 28.5 Å². The first kappa shape index (κ1) is 13.0. The molecule has 0 fully saturated rings. The molecule has 0 unspecified atom stereocenters. The number of carbonyl (C=O) groups is 1. The molecular formula is C9H14N4OS2. The Hall–Kier alpha value is -1.08. The van der Waals surface area contributed by atoms with Crippen LogP contribution in [0.3, 0.4) is 0 Å². The Morgan fingerprint density at radius 3 is 3.12 bits per heavy atom. The summed E-state index contributed by atoms with van der Waals surface area (Å²) in [6.07, 6.45) is 2.71. The third-order valence-electron chi connectivity index (χ3n) is 1.49. The first-order valence-electron chi connectivity index (χ1n) is 4.88. The van der Waals surface area contributed by atoms with E-state index in [4.69, 9.17) is 0 Å². The monoisotopic (exact) mass is 258 g/mol. The number of carbonyl (C=O) groups excluding carboxylic acids is 1. The Morgan fingerprint density at radius 1 is 1.62 bits per heavy atom. The van der Waals surface area contributed by atoms with Gasteiger partial charge in [0.15, 0.2) is 4.34 Å². The van der Waals surface area contributed by atoms with Crippen molar-refractivity contribution in [2.45, 2.75) is 17.7 Å². The molecule has 2 N–H and O–H groups in total. The average Bonchev–Trinajstić information content (AvgIpc) is 2.71. The van der Waals surface area contributed by atoms with Gasteiger partial charge in [-0.15, -0.1) is 16.8 Å². The first-order valence-corrected chi connectivity index (χ1v) is 6.68. The lowest BCUT2D eigenvalue weighted by Crippen LogP contribution is -2.29. The van der Waals surface area contributed by atoms with Crippen molar-refractivity contribution >= 4 is 34.3 Å². The Morgan fingerprint density at radius 2 is 2.44 bits per heavy atom. The van der Waals surface area contributed by atoms with Gasteiger partial charge in [0, 0.05) is 12.3 Å². The zero-order chi connectivity index (χ0) is 11.8. The van der Waals surface area contributed by atoms with E-state index >= 15 is 0 Å². The highest BCUT2D eigenvalue weighted by Gasteiger charge is 2.06. The quantitative estimate of drug-likeness (QED) is 0.467. The SMILES string of the molecule is C=CCSc1nnc(NC(=O)NCCC)s1. The maximum Gasteiger partial charge on any atom is 0.321 e. The van der Waals surface area contributed by atoms with Crippen molar-refractivity contribution < 1.29 is 4.79 Å². The van der Waals surface area contributed by atoms with E-state index in [-0.39, 0.29) is 6.03 Å². The van der Waals surface area contributed by atoms with Crippen LogP contribution in [-0.2, 0) is 0 Å². The van der Waals surface area contributed by atoms with Gasteiger partial charge in [0.1, 0.15) is 0 Å². The highest BCUT2D eigenvalue weighted by atomic mass is 32.2. The fourth-order valence-corrected chi connectivity index (χ4v) is 2.34. The molecule has 0 saturated carbocycles. The summed E-state index contributed by atoms with van der Waals surface area (Å²) in [4.78, 5) is 11.3. The summed E-state index contributed by atoms with van der Waals surface area (Å²) >= 11 is 2.90. The Kier molecular flexibility index (Phi) is 5.87. The minimum atomic E-state index is -0.238. The molecule has 1 rings (SSSR count). The van der Waals surface area contributed by atoms with Crippen LogP contribution in [0.5, 0.6) is 0 Å². The molecule has 1 aromatic heterocycles. The van der Waals surface area contributed by atoms with E-state index < -0.39 is 0 Å². The van der Waals surface area contributed by atoms with Gasteiger partial charge in [-0.25, -0.2) is 4.79 Å². The van der Waals surface area contributed by atoms with Gasteiger partial charge in [-0.2, -0.15) is 0 Å². The number of hydrogen-bond donors (Lipinski definition) is 2. The van der Waals surface area contributed by atoms with Crippen molar-refractivity contribution in [1.29, 1.82) is 0 Å². The van der Waals surface area contributed by atoms with E-state index in [2.05, 4.69) is 27.4 Å². The molecule has 1 heterocycles. The predicted molar refractivity (Wildman–Crippen MR) is 68.1 cm³/mol. The molecule has 0 bridgehead atoms. The number of amides is 2. The summed E-state index contributed by atoms with van der Waals surface area (Å²) in [6, 6.07) is -0.238. The lowest BCUT2D eigenvalue weighted by molar-refractivity contribution is 0.252. The van der Waals surface area contributed by atoms with E-state index in [0.29, 0.717) is 11.7 Å². The molecule has 0 aliphatic heterocycles. The van der Waals surface area contributed by atoms with Crippen molar-refractivity contribution in [3.63, 3.8) is 0 Å². The molecule has 0 aromatic carbocycles. The molecule has 88 valence electrons. The van der Waals surface area contributed by atoms with Crippen LogP contribution < -0.4 is 10.6 Å². The molecular weight excluding hydrogens is 244 g/mol. The van der Waals surface area contributed by atoms with E-state index in [0.717, 1.165) is 16.5 Å². The smallest absolute Gasteiger partial charge is 0.321 e. The highest BCUT2D eigenvalue weighted by Crippen LogP contribution is 2.25. The minimum Gasteiger partial charge on any atom is -0.338 e. The first-order chi connectivity index (χ1) is 7.76. The fraction of sp³-hybridized carbons (Fsp3) is 0.444. The Labute approximate surface area is 103 Å². The highest BCUT2D eigenvalue weighted by molar-refractivity contribution is 8.01. The van der Waals surface area contributed by atoms with E-state index in [1.165, 1.54) is 11.3 Å². The van der Waals surface area contributed by atoms with Crippen LogP contribution in [0, 0.1) is 0 Å². The van der Waals surface area contributed by atoms with Crippen molar-refractivity contribution in [2.75, 3.05) is 17.6 Å². The van der Waals surface area contributed by atoms with Crippen molar-refractivity contribution in [3.05, 3.63) is 12.7 Å². The van der Waals surface area contributed by atoms with Gasteiger partial charge >= 0.3 is 6.03 Å². The standard InChI is InChI=1S/C9H14N4OS2/c1-3-5-10-7(14)11-8-12-13-9(16-8)15-6-4-2/h4H,2-3,5-6H2,1H3,(H2,10,11,12,14). The van der Waals surface area contributed by atoms with Gasteiger partial charge in [0.2, 0.25) is 5.13 Å². The van der Waals surface area contributed by atoms with Gasteiger partial charge in [0.05, 0.1) is 0 Å². The third-order valence-corrected chi connectivity index (χ3v) is 3.45. The Balaban J connectivity index is 2.39. The minimum absolute atomic E-state index is 0.238. The number of aromatic nitrogens is 2. The van der Waals surface area contributed by atoms with E-state index in [9.17, 15) is 4.79 Å². The lowest BCUT2D eigenvalue weighted by atomic mass is 10.5. The average molecular weight is 258 g/mol. The summed E-state index contributed by atoms with van der Waals surface area (Å²) in [5, 5.41) is 13.6. The maximum absolute atomic E-state index is 11.3. The number of thioether (sulfide) groups is 1. The van der Waals surface area contributed by atoms with Crippen LogP contribution >= 0.6 is 23.1 Å². The molecule has 0 atom stereocenters. The van der Waals surface area contributed by atoms with Crippen molar-refractivity contribution in [2.24, 2.45) is 0 Å². The zero-order valence-electron chi connectivity index (χ0n) is 9.02. The summed E-state index contributed by atoms with van der Waals surface area (Å²) in [7, 11) is 0. The van der Waals surface area contributed by atoms with Gasteiger partial charge in [0.25, 0.3) is 0 Å². The van der Waals surface area contributed by atoms with Gasteiger partial charge in [-0.05, 0) is 6.42 Å². The van der Waals surface area contributed by atoms with Crippen LogP contribution in [0.15, 0.2) is 17.0 Å². The second kappa shape index (κ2) is 7.24. The summed E-state index contributed by atoms with van der Waals surface area (Å²) in [5.74, 6) is 0.788. The van der Waals surface area contributed by atoms with E-state index in [1.807, 2.05) is 6.92 Å². The largest absolute Gasteiger partial charge is 0.338 e. The van der Waals surface area contributed by atoms with Crippen molar-refractivity contribution in [1.82, 2.24) is 15.5 Å². The molecule has 7 heteroatoms. The van der Waals surface area contributed by atoms with Gasteiger partial charge in [-0.1, -0.05) is 36.1 Å². The van der Waals surface area contributed by atoms with Gasteiger partial charge in [-0.3, -0.25) is 5.32 Å².